The Labute approximate surface area is 128 Å². The largest absolute Gasteiger partial charge is 0.396 e. The number of ether oxygens (including phenoxy) is 1. The minimum atomic E-state index is 0.194. The van der Waals surface area contributed by atoms with Gasteiger partial charge in [0.25, 0.3) is 0 Å². The fraction of sp³-hybridized carbons (Fsp3) is 0.933. The van der Waals surface area contributed by atoms with Gasteiger partial charge in [-0.15, -0.1) is 0 Å². The van der Waals surface area contributed by atoms with Crippen molar-refractivity contribution in [3.63, 3.8) is 0 Å². The van der Waals surface area contributed by atoms with Gasteiger partial charge in [0.05, 0.1) is 13.2 Å². The summed E-state index contributed by atoms with van der Waals surface area (Å²) < 4.78 is 5.43. The van der Waals surface area contributed by atoms with Crippen LogP contribution in [0.4, 0.5) is 0 Å². The van der Waals surface area contributed by atoms with Crippen LogP contribution in [-0.4, -0.2) is 86.0 Å². The molecule has 0 radical (unpaired) electrons. The third kappa shape index (κ3) is 4.83. The van der Waals surface area contributed by atoms with Crippen molar-refractivity contribution in [3.8, 4) is 0 Å². The number of aliphatic hydroxyl groups excluding tert-OH is 1. The normalized spacial score (nSPS) is 26.1. The molecule has 2 N–H and O–H groups in total. The molecule has 2 atom stereocenters. The van der Waals surface area contributed by atoms with E-state index in [1.807, 2.05) is 6.92 Å². The average Bonchev–Trinajstić information content (AvgIpc) is 3.01. The van der Waals surface area contributed by atoms with Gasteiger partial charge in [0.1, 0.15) is 0 Å². The molecule has 6 heteroatoms. The van der Waals surface area contributed by atoms with Crippen molar-refractivity contribution < 1.29 is 9.84 Å². The number of aliphatic hydroxyl groups is 1. The van der Waals surface area contributed by atoms with E-state index in [-0.39, 0.29) is 12.5 Å². The van der Waals surface area contributed by atoms with Crippen LogP contribution in [0.1, 0.15) is 20.3 Å². The van der Waals surface area contributed by atoms with Crippen molar-refractivity contribution in [2.24, 2.45) is 10.9 Å². The molecule has 0 bridgehead atoms. The van der Waals surface area contributed by atoms with E-state index in [1.54, 1.807) is 0 Å². The van der Waals surface area contributed by atoms with Crippen LogP contribution < -0.4 is 5.32 Å². The Kier molecular flexibility index (Phi) is 6.73. The summed E-state index contributed by atoms with van der Waals surface area (Å²) in [4.78, 5) is 9.57. The third-order valence-corrected chi connectivity index (χ3v) is 4.22. The number of aliphatic imine (C=N–C) groups is 1. The van der Waals surface area contributed by atoms with E-state index in [0.717, 1.165) is 51.9 Å². The molecule has 122 valence electrons. The summed E-state index contributed by atoms with van der Waals surface area (Å²) in [7, 11) is 0. The number of guanidine groups is 1. The molecule has 0 amide bonds. The molecule has 2 heterocycles. The maximum absolute atomic E-state index is 9.13. The quantitative estimate of drug-likeness (QED) is 0.552. The molecule has 0 aliphatic carbocycles. The smallest absolute Gasteiger partial charge is 0.193 e. The first-order valence-electron chi connectivity index (χ1n) is 8.20. The van der Waals surface area contributed by atoms with Crippen LogP contribution in [0.3, 0.4) is 0 Å². The predicted octanol–water partition coefficient (Wildman–Crippen LogP) is -0.0132. The molecule has 21 heavy (non-hydrogen) atoms. The molecule has 2 rings (SSSR count). The number of morpholine rings is 1. The van der Waals surface area contributed by atoms with Gasteiger partial charge in [0, 0.05) is 51.9 Å². The van der Waals surface area contributed by atoms with Gasteiger partial charge in [-0.2, -0.15) is 0 Å². The highest BCUT2D eigenvalue weighted by molar-refractivity contribution is 5.80. The van der Waals surface area contributed by atoms with Gasteiger partial charge in [-0.25, -0.2) is 0 Å². The Morgan fingerprint density at radius 1 is 1.38 bits per heavy atom. The fourth-order valence-corrected chi connectivity index (χ4v) is 2.90. The average molecular weight is 298 g/mol. The highest BCUT2D eigenvalue weighted by Crippen LogP contribution is 2.17. The molecule has 2 saturated heterocycles. The van der Waals surface area contributed by atoms with E-state index >= 15 is 0 Å². The van der Waals surface area contributed by atoms with Gasteiger partial charge >= 0.3 is 0 Å². The Morgan fingerprint density at radius 3 is 2.81 bits per heavy atom. The standard InChI is InChI=1S/C15H30N4O2/c1-3-16-15(17-10-13(2)12-20)19-5-4-14(11-19)18-6-8-21-9-7-18/h13-14,20H,3-12H2,1-2H3,(H,16,17). The molecule has 6 nitrogen and oxygen atoms in total. The summed E-state index contributed by atoms with van der Waals surface area (Å²) in [6, 6.07) is 0.619. The first kappa shape index (κ1) is 16.5. The molecule has 0 spiro atoms. The summed E-state index contributed by atoms with van der Waals surface area (Å²) >= 11 is 0. The van der Waals surface area contributed by atoms with Crippen molar-refractivity contribution in [1.82, 2.24) is 15.1 Å². The summed E-state index contributed by atoms with van der Waals surface area (Å²) in [5.74, 6) is 1.21. The third-order valence-electron chi connectivity index (χ3n) is 4.22. The topological polar surface area (TPSA) is 60.3 Å². The van der Waals surface area contributed by atoms with E-state index in [1.165, 1.54) is 6.42 Å². The molecule has 0 aromatic heterocycles. The summed E-state index contributed by atoms with van der Waals surface area (Å²) in [5.41, 5.74) is 0. The molecule has 2 unspecified atom stereocenters. The molecule has 2 aliphatic heterocycles. The summed E-state index contributed by atoms with van der Waals surface area (Å²) in [5, 5.41) is 12.5. The zero-order chi connectivity index (χ0) is 15.1. The molecule has 0 saturated carbocycles. The Bertz CT molecular complexity index is 332. The zero-order valence-electron chi connectivity index (χ0n) is 13.4. The van der Waals surface area contributed by atoms with E-state index in [9.17, 15) is 0 Å². The van der Waals surface area contributed by atoms with Crippen LogP contribution in [0.15, 0.2) is 4.99 Å². The maximum Gasteiger partial charge on any atom is 0.193 e. The van der Waals surface area contributed by atoms with Gasteiger partial charge in [-0.05, 0) is 19.3 Å². The number of likely N-dealkylation sites (tertiary alicyclic amines) is 1. The second-order valence-electron chi connectivity index (χ2n) is 6.02. The lowest BCUT2D eigenvalue weighted by Gasteiger charge is -2.32. The number of nitrogens with zero attached hydrogens (tertiary/aromatic N) is 3. The minimum absolute atomic E-state index is 0.194. The highest BCUT2D eigenvalue weighted by atomic mass is 16.5. The number of hydrogen-bond donors (Lipinski definition) is 2. The van der Waals surface area contributed by atoms with Gasteiger partial charge in [0.2, 0.25) is 0 Å². The molecular weight excluding hydrogens is 268 g/mol. The highest BCUT2D eigenvalue weighted by Gasteiger charge is 2.30. The van der Waals surface area contributed by atoms with Gasteiger partial charge in [-0.3, -0.25) is 9.89 Å². The van der Waals surface area contributed by atoms with Crippen LogP contribution >= 0.6 is 0 Å². The molecule has 2 fully saturated rings. The molecular formula is C15H30N4O2. The Morgan fingerprint density at radius 2 is 2.14 bits per heavy atom. The first-order valence-corrected chi connectivity index (χ1v) is 8.20. The zero-order valence-corrected chi connectivity index (χ0v) is 13.4. The Hall–Kier alpha value is -0.850. The number of hydrogen-bond acceptors (Lipinski definition) is 4. The number of rotatable bonds is 5. The second kappa shape index (κ2) is 8.56. The van der Waals surface area contributed by atoms with Crippen LogP contribution in [0.25, 0.3) is 0 Å². The van der Waals surface area contributed by atoms with E-state index in [2.05, 4.69) is 27.0 Å². The maximum atomic E-state index is 9.13. The SMILES string of the molecule is CCNC(=NCC(C)CO)N1CCC(N2CCOCC2)C1. The van der Waals surface area contributed by atoms with Gasteiger partial charge in [0.15, 0.2) is 5.96 Å². The van der Waals surface area contributed by atoms with Crippen LogP contribution in [0.2, 0.25) is 0 Å². The monoisotopic (exact) mass is 298 g/mol. The molecule has 0 aromatic carbocycles. The summed E-state index contributed by atoms with van der Waals surface area (Å²) in [6.07, 6.45) is 1.19. The second-order valence-corrected chi connectivity index (χ2v) is 6.02. The van der Waals surface area contributed by atoms with Crippen molar-refractivity contribution in [2.75, 3.05) is 59.1 Å². The van der Waals surface area contributed by atoms with E-state index < -0.39 is 0 Å². The van der Waals surface area contributed by atoms with Crippen molar-refractivity contribution >= 4 is 5.96 Å². The molecule has 2 aliphatic rings. The first-order chi connectivity index (χ1) is 10.2. The van der Waals surface area contributed by atoms with E-state index in [4.69, 9.17) is 9.84 Å². The lowest BCUT2D eigenvalue weighted by molar-refractivity contribution is 0.0195. The minimum Gasteiger partial charge on any atom is -0.396 e. The Balaban J connectivity index is 1.89. The van der Waals surface area contributed by atoms with Gasteiger partial charge in [-0.1, -0.05) is 6.92 Å². The summed E-state index contributed by atoms with van der Waals surface area (Å²) in [6.45, 7) is 11.8. The fourth-order valence-electron chi connectivity index (χ4n) is 2.90. The number of nitrogens with one attached hydrogen (secondary N) is 1. The molecule has 0 aromatic rings. The van der Waals surface area contributed by atoms with Crippen molar-refractivity contribution in [1.29, 1.82) is 0 Å². The van der Waals surface area contributed by atoms with Gasteiger partial charge < -0.3 is 20.1 Å². The van der Waals surface area contributed by atoms with E-state index in [0.29, 0.717) is 12.6 Å². The van der Waals surface area contributed by atoms with Crippen LogP contribution in [0.5, 0.6) is 0 Å². The van der Waals surface area contributed by atoms with Crippen LogP contribution in [-0.2, 0) is 4.74 Å². The van der Waals surface area contributed by atoms with Crippen molar-refractivity contribution in [3.05, 3.63) is 0 Å². The van der Waals surface area contributed by atoms with Crippen molar-refractivity contribution in [2.45, 2.75) is 26.3 Å². The van der Waals surface area contributed by atoms with Crippen LogP contribution in [0, 0.1) is 5.92 Å². The predicted molar refractivity (Wildman–Crippen MR) is 84.6 cm³/mol. The lowest BCUT2D eigenvalue weighted by Crippen LogP contribution is -2.46. The lowest BCUT2D eigenvalue weighted by atomic mass is 10.2.